The Hall–Kier alpha value is -1.88. The van der Waals surface area contributed by atoms with Gasteiger partial charge in [0, 0.05) is 31.9 Å². The maximum atomic E-state index is 12.2. The molecule has 0 unspecified atom stereocenters. The van der Waals surface area contributed by atoms with Gasteiger partial charge in [-0.25, -0.2) is 0 Å². The highest BCUT2D eigenvalue weighted by Crippen LogP contribution is 2.15. The summed E-state index contributed by atoms with van der Waals surface area (Å²) in [6, 6.07) is 7.58. The van der Waals surface area contributed by atoms with E-state index in [4.69, 9.17) is 0 Å². The molecule has 114 valence electrons. The largest absolute Gasteiger partial charge is 0.332 e. The van der Waals surface area contributed by atoms with Crippen molar-refractivity contribution in [2.75, 3.05) is 38.0 Å². The highest BCUT2D eigenvalue weighted by Gasteiger charge is 2.25. The van der Waals surface area contributed by atoms with Crippen LogP contribution in [0.15, 0.2) is 24.3 Å². The number of para-hydroxylation sites is 1. The van der Waals surface area contributed by atoms with Gasteiger partial charge in [-0.1, -0.05) is 32.0 Å². The summed E-state index contributed by atoms with van der Waals surface area (Å²) in [6.07, 6.45) is 0.819. The average Bonchev–Trinajstić information content (AvgIpc) is 2.54. The lowest BCUT2D eigenvalue weighted by Gasteiger charge is -2.33. The average molecular weight is 289 g/mol. The zero-order valence-corrected chi connectivity index (χ0v) is 12.8. The van der Waals surface area contributed by atoms with Gasteiger partial charge in [0.2, 0.25) is 0 Å². The van der Waals surface area contributed by atoms with E-state index in [9.17, 15) is 9.59 Å². The summed E-state index contributed by atoms with van der Waals surface area (Å²) in [7, 11) is 0. The summed E-state index contributed by atoms with van der Waals surface area (Å²) in [5, 5.41) is 2.74. The van der Waals surface area contributed by atoms with E-state index < -0.39 is 11.8 Å². The lowest BCUT2D eigenvalue weighted by molar-refractivity contribution is -0.144. The minimum atomic E-state index is -0.541. The van der Waals surface area contributed by atoms with E-state index >= 15 is 0 Å². The van der Waals surface area contributed by atoms with Crippen LogP contribution < -0.4 is 5.32 Å². The van der Waals surface area contributed by atoms with Gasteiger partial charge in [-0.2, -0.15) is 0 Å². The van der Waals surface area contributed by atoms with Crippen LogP contribution in [-0.2, 0) is 16.0 Å². The first-order valence-electron chi connectivity index (χ1n) is 7.56. The normalized spacial score (nSPS) is 15.8. The number of aryl methyl sites for hydroxylation is 1. The molecule has 21 heavy (non-hydrogen) atoms. The highest BCUT2D eigenvalue weighted by atomic mass is 16.2. The van der Waals surface area contributed by atoms with E-state index in [0.717, 1.165) is 37.3 Å². The Morgan fingerprint density at radius 3 is 2.38 bits per heavy atom. The summed E-state index contributed by atoms with van der Waals surface area (Å²) in [4.78, 5) is 28.2. The molecule has 5 nitrogen and oxygen atoms in total. The molecule has 1 aromatic carbocycles. The molecule has 2 amide bonds. The number of hydrogen-bond acceptors (Lipinski definition) is 3. The van der Waals surface area contributed by atoms with Gasteiger partial charge in [-0.15, -0.1) is 0 Å². The van der Waals surface area contributed by atoms with Crippen molar-refractivity contribution in [2.45, 2.75) is 20.3 Å². The molecule has 0 bridgehead atoms. The number of anilines is 1. The fourth-order valence-corrected chi connectivity index (χ4v) is 2.54. The summed E-state index contributed by atoms with van der Waals surface area (Å²) in [5.74, 6) is -0.975. The van der Waals surface area contributed by atoms with Gasteiger partial charge in [-0.3, -0.25) is 9.59 Å². The first-order chi connectivity index (χ1) is 10.2. The van der Waals surface area contributed by atoms with Crippen molar-refractivity contribution in [3.63, 3.8) is 0 Å². The third kappa shape index (κ3) is 3.82. The zero-order valence-electron chi connectivity index (χ0n) is 12.8. The van der Waals surface area contributed by atoms with Crippen LogP contribution in [0.5, 0.6) is 0 Å². The smallest absolute Gasteiger partial charge is 0.313 e. The number of carbonyl (C=O) groups excluding carboxylic acids is 2. The molecule has 5 heteroatoms. The van der Waals surface area contributed by atoms with Crippen LogP contribution in [0, 0.1) is 0 Å². The van der Waals surface area contributed by atoms with Crippen LogP contribution in [0.3, 0.4) is 0 Å². The van der Waals surface area contributed by atoms with Gasteiger partial charge in [0.05, 0.1) is 0 Å². The van der Waals surface area contributed by atoms with E-state index in [1.165, 1.54) is 0 Å². The van der Waals surface area contributed by atoms with Gasteiger partial charge >= 0.3 is 11.8 Å². The lowest BCUT2D eigenvalue weighted by Crippen LogP contribution is -2.51. The second-order valence-electron chi connectivity index (χ2n) is 5.19. The second kappa shape index (κ2) is 7.22. The molecule has 1 aromatic rings. The van der Waals surface area contributed by atoms with E-state index in [2.05, 4.69) is 17.1 Å². The SMILES string of the molecule is CCc1ccccc1NC(=O)C(=O)N1CCN(CC)CC1. The Kier molecular flexibility index (Phi) is 5.33. The van der Waals surface area contributed by atoms with Gasteiger partial charge in [0.1, 0.15) is 0 Å². The van der Waals surface area contributed by atoms with E-state index in [1.807, 2.05) is 31.2 Å². The van der Waals surface area contributed by atoms with Crippen molar-refractivity contribution in [1.82, 2.24) is 9.80 Å². The number of amides is 2. The Balaban J connectivity index is 1.95. The third-order valence-corrected chi connectivity index (χ3v) is 3.95. The Bertz CT molecular complexity index is 508. The molecule has 0 aliphatic carbocycles. The molecule has 1 aliphatic rings. The number of piperazine rings is 1. The number of nitrogens with one attached hydrogen (secondary N) is 1. The molecule has 0 saturated carbocycles. The molecule has 0 spiro atoms. The van der Waals surface area contributed by atoms with Crippen LogP contribution >= 0.6 is 0 Å². The number of benzene rings is 1. The van der Waals surface area contributed by atoms with Crippen molar-refractivity contribution in [3.8, 4) is 0 Å². The first-order valence-corrected chi connectivity index (χ1v) is 7.56. The predicted molar refractivity (Wildman–Crippen MR) is 83.1 cm³/mol. The van der Waals surface area contributed by atoms with Crippen molar-refractivity contribution in [1.29, 1.82) is 0 Å². The zero-order chi connectivity index (χ0) is 15.2. The van der Waals surface area contributed by atoms with Crippen molar-refractivity contribution in [2.24, 2.45) is 0 Å². The molecular weight excluding hydrogens is 266 g/mol. The molecule has 1 saturated heterocycles. The summed E-state index contributed by atoms with van der Waals surface area (Å²) in [5.41, 5.74) is 1.76. The molecule has 0 atom stereocenters. The lowest BCUT2D eigenvalue weighted by atomic mass is 10.1. The Morgan fingerprint density at radius 2 is 1.76 bits per heavy atom. The van der Waals surface area contributed by atoms with Crippen molar-refractivity contribution >= 4 is 17.5 Å². The van der Waals surface area contributed by atoms with Crippen LogP contribution in [0.1, 0.15) is 19.4 Å². The van der Waals surface area contributed by atoms with Gasteiger partial charge < -0.3 is 15.1 Å². The molecule has 1 heterocycles. The number of hydrogen-bond donors (Lipinski definition) is 1. The number of carbonyl (C=O) groups is 2. The number of nitrogens with zero attached hydrogens (tertiary/aromatic N) is 2. The number of likely N-dealkylation sites (N-methyl/N-ethyl adjacent to an activating group) is 1. The fraction of sp³-hybridized carbons (Fsp3) is 0.500. The molecule has 0 aromatic heterocycles. The Morgan fingerprint density at radius 1 is 1.10 bits per heavy atom. The third-order valence-electron chi connectivity index (χ3n) is 3.95. The van der Waals surface area contributed by atoms with E-state index in [1.54, 1.807) is 4.90 Å². The molecule has 2 rings (SSSR count). The topological polar surface area (TPSA) is 52.7 Å². The summed E-state index contributed by atoms with van der Waals surface area (Å²) < 4.78 is 0. The minimum Gasteiger partial charge on any atom is -0.332 e. The monoisotopic (exact) mass is 289 g/mol. The quantitative estimate of drug-likeness (QED) is 0.855. The maximum absolute atomic E-state index is 12.2. The van der Waals surface area contributed by atoms with Gasteiger partial charge in [0.25, 0.3) is 0 Å². The molecular formula is C16H23N3O2. The predicted octanol–water partition coefficient (Wildman–Crippen LogP) is 1.35. The van der Waals surface area contributed by atoms with Crippen LogP contribution in [-0.4, -0.2) is 54.3 Å². The Labute approximate surface area is 125 Å². The minimum absolute atomic E-state index is 0.434. The van der Waals surface area contributed by atoms with E-state index in [0.29, 0.717) is 13.1 Å². The molecule has 1 aliphatic heterocycles. The highest BCUT2D eigenvalue weighted by molar-refractivity contribution is 6.39. The first kappa shape index (κ1) is 15.5. The van der Waals surface area contributed by atoms with Crippen LogP contribution in [0.2, 0.25) is 0 Å². The fourth-order valence-electron chi connectivity index (χ4n) is 2.54. The van der Waals surface area contributed by atoms with Crippen molar-refractivity contribution < 1.29 is 9.59 Å². The second-order valence-corrected chi connectivity index (χ2v) is 5.19. The maximum Gasteiger partial charge on any atom is 0.313 e. The van der Waals surface area contributed by atoms with Gasteiger partial charge in [-0.05, 0) is 24.6 Å². The van der Waals surface area contributed by atoms with Gasteiger partial charge in [0.15, 0.2) is 0 Å². The summed E-state index contributed by atoms with van der Waals surface area (Å²) in [6.45, 7) is 8.02. The van der Waals surface area contributed by atoms with Crippen LogP contribution in [0.25, 0.3) is 0 Å². The van der Waals surface area contributed by atoms with E-state index in [-0.39, 0.29) is 0 Å². The standard InChI is InChI=1S/C16H23N3O2/c1-3-13-7-5-6-8-14(13)17-15(20)16(21)19-11-9-18(4-2)10-12-19/h5-8H,3-4,9-12H2,1-2H3,(H,17,20). The van der Waals surface area contributed by atoms with Crippen molar-refractivity contribution in [3.05, 3.63) is 29.8 Å². The van der Waals surface area contributed by atoms with Crippen LogP contribution in [0.4, 0.5) is 5.69 Å². The summed E-state index contributed by atoms with van der Waals surface area (Å²) >= 11 is 0. The molecule has 0 radical (unpaired) electrons. The molecule has 1 N–H and O–H groups in total. The number of rotatable bonds is 3. The molecule has 1 fully saturated rings.